The van der Waals surface area contributed by atoms with Gasteiger partial charge >= 0.3 is 0 Å². The number of carbonyl (C=O) groups is 1. The zero-order chi connectivity index (χ0) is 18.7. The fourth-order valence-electron chi connectivity index (χ4n) is 1.94. The Balaban J connectivity index is 2.17. The van der Waals surface area contributed by atoms with Crippen LogP contribution < -0.4 is 15.5 Å². The predicted octanol–water partition coefficient (Wildman–Crippen LogP) is 3.27. The lowest BCUT2D eigenvalue weighted by Crippen LogP contribution is -2.27. The first kappa shape index (κ1) is 18.8. The van der Waals surface area contributed by atoms with Crippen LogP contribution in [-0.2, 0) is 14.8 Å². The SMILES string of the molecule is CC(C)(C)C(=O)Nc1ccc(NS(=O)(=O)c2ccccc2NO)cc1. The highest BCUT2D eigenvalue weighted by molar-refractivity contribution is 7.92. The van der Waals surface area contributed by atoms with Crippen molar-refractivity contribution < 1.29 is 18.4 Å². The monoisotopic (exact) mass is 363 g/mol. The Kier molecular flexibility index (Phi) is 5.34. The maximum atomic E-state index is 12.4. The summed E-state index contributed by atoms with van der Waals surface area (Å²) >= 11 is 0. The molecule has 0 aliphatic rings. The first-order chi connectivity index (χ1) is 11.6. The zero-order valence-corrected chi connectivity index (χ0v) is 15.0. The molecular formula is C17H21N3O4S. The van der Waals surface area contributed by atoms with Gasteiger partial charge < -0.3 is 5.32 Å². The molecule has 0 bridgehead atoms. The lowest BCUT2D eigenvalue weighted by atomic mass is 9.95. The van der Waals surface area contributed by atoms with Gasteiger partial charge in [0.05, 0.1) is 5.69 Å². The van der Waals surface area contributed by atoms with E-state index in [1.54, 1.807) is 57.2 Å². The maximum absolute atomic E-state index is 12.4. The minimum Gasteiger partial charge on any atom is -0.326 e. The van der Waals surface area contributed by atoms with Crippen molar-refractivity contribution in [1.29, 1.82) is 0 Å². The largest absolute Gasteiger partial charge is 0.326 e. The Morgan fingerprint density at radius 1 is 0.960 bits per heavy atom. The molecule has 0 fully saturated rings. The third-order valence-corrected chi connectivity index (χ3v) is 4.81. The Bertz CT molecular complexity index is 856. The Labute approximate surface area is 147 Å². The van der Waals surface area contributed by atoms with Crippen LogP contribution in [0.5, 0.6) is 0 Å². The van der Waals surface area contributed by atoms with Crippen molar-refractivity contribution in [2.75, 3.05) is 15.5 Å². The average molecular weight is 363 g/mol. The summed E-state index contributed by atoms with van der Waals surface area (Å²) in [6.45, 7) is 5.41. The lowest BCUT2D eigenvalue weighted by Gasteiger charge is -2.18. The second-order valence-electron chi connectivity index (χ2n) is 6.49. The highest BCUT2D eigenvalue weighted by Crippen LogP contribution is 2.24. The second kappa shape index (κ2) is 7.12. The Morgan fingerprint density at radius 2 is 1.52 bits per heavy atom. The number of anilines is 3. The van der Waals surface area contributed by atoms with Gasteiger partial charge in [0, 0.05) is 16.8 Å². The number of carbonyl (C=O) groups excluding carboxylic acids is 1. The molecule has 0 saturated heterocycles. The normalized spacial score (nSPS) is 11.7. The van der Waals surface area contributed by atoms with Gasteiger partial charge in [0.1, 0.15) is 4.90 Å². The maximum Gasteiger partial charge on any atom is 0.264 e. The number of sulfonamides is 1. The van der Waals surface area contributed by atoms with Crippen LogP contribution in [0.2, 0.25) is 0 Å². The van der Waals surface area contributed by atoms with Gasteiger partial charge in [0.25, 0.3) is 10.0 Å². The van der Waals surface area contributed by atoms with Gasteiger partial charge in [-0.3, -0.25) is 20.2 Å². The molecule has 2 aromatic carbocycles. The van der Waals surface area contributed by atoms with E-state index in [4.69, 9.17) is 5.21 Å². The van der Waals surface area contributed by atoms with Gasteiger partial charge in [0.15, 0.2) is 0 Å². The Hall–Kier alpha value is -2.58. The summed E-state index contributed by atoms with van der Waals surface area (Å²) in [6.07, 6.45) is 0. The number of rotatable bonds is 5. The summed E-state index contributed by atoms with van der Waals surface area (Å²) in [5.41, 5.74) is 2.32. The molecule has 7 nitrogen and oxygen atoms in total. The molecule has 0 aromatic heterocycles. The molecule has 2 rings (SSSR count). The highest BCUT2D eigenvalue weighted by atomic mass is 32.2. The van der Waals surface area contributed by atoms with Gasteiger partial charge in [-0.05, 0) is 36.4 Å². The molecule has 0 spiro atoms. The summed E-state index contributed by atoms with van der Waals surface area (Å²) in [6, 6.07) is 12.3. The molecule has 25 heavy (non-hydrogen) atoms. The number of hydrogen-bond acceptors (Lipinski definition) is 5. The molecule has 1 amide bonds. The fraction of sp³-hybridized carbons (Fsp3) is 0.235. The van der Waals surface area contributed by atoms with E-state index in [0.29, 0.717) is 11.4 Å². The molecule has 0 radical (unpaired) electrons. The van der Waals surface area contributed by atoms with Crippen molar-refractivity contribution in [2.24, 2.45) is 5.41 Å². The summed E-state index contributed by atoms with van der Waals surface area (Å²) in [5, 5.41) is 11.8. The van der Waals surface area contributed by atoms with E-state index in [1.807, 2.05) is 5.48 Å². The van der Waals surface area contributed by atoms with Crippen LogP contribution in [0.1, 0.15) is 20.8 Å². The molecule has 0 saturated carbocycles. The van der Waals surface area contributed by atoms with Crippen molar-refractivity contribution in [3.63, 3.8) is 0 Å². The molecule has 8 heteroatoms. The van der Waals surface area contributed by atoms with E-state index >= 15 is 0 Å². The van der Waals surface area contributed by atoms with Crippen LogP contribution in [0.4, 0.5) is 17.1 Å². The van der Waals surface area contributed by atoms with Gasteiger partial charge in [-0.25, -0.2) is 8.42 Å². The van der Waals surface area contributed by atoms with Gasteiger partial charge in [0.2, 0.25) is 5.91 Å². The van der Waals surface area contributed by atoms with Gasteiger partial charge in [-0.1, -0.05) is 32.9 Å². The number of nitrogens with one attached hydrogen (secondary N) is 3. The second-order valence-corrected chi connectivity index (χ2v) is 8.15. The van der Waals surface area contributed by atoms with Crippen LogP contribution in [0.3, 0.4) is 0 Å². The quantitative estimate of drug-likeness (QED) is 0.610. The molecular weight excluding hydrogens is 342 g/mol. The molecule has 2 aromatic rings. The predicted molar refractivity (Wildman–Crippen MR) is 97.2 cm³/mol. The number of para-hydroxylation sites is 1. The standard InChI is InChI=1S/C17H21N3O4S/c1-17(2,3)16(21)18-12-8-10-13(11-9-12)20-25(23,24)15-7-5-4-6-14(15)19-22/h4-11,19-20,22H,1-3H3,(H,18,21). The van der Waals surface area contributed by atoms with Crippen molar-refractivity contribution in [1.82, 2.24) is 0 Å². The van der Waals surface area contributed by atoms with E-state index in [1.165, 1.54) is 12.1 Å². The first-order valence-corrected chi connectivity index (χ1v) is 9.05. The zero-order valence-electron chi connectivity index (χ0n) is 14.2. The first-order valence-electron chi connectivity index (χ1n) is 7.57. The number of benzene rings is 2. The van der Waals surface area contributed by atoms with E-state index in [-0.39, 0.29) is 16.5 Å². The van der Waals surface area contributed by atoms with E-state index < -0.39 is 15.4 Å². The third kappa shape index (κ3) is 4.71. The lowest BCUT2D eigenvalue weighted by molar-refractivity contribution is -0.123. The average Bonchev–Trinajstić information content (AvgIpc) is 2.55. The topological polar surface area (TPSA) is 108 Å². The summed E-state index contributed by atoms with van der Waals surface area (Å²) < 4.78 is 27.3. The minimum atomic E-state index is -3.88. The molecule has 0 atom stereocenters. The summed E-state index contributed by atoms with van der Waals surface area (Å²) in [5.74, 6) is -0.135. The van der Waals surface area contributed by atoms with E-state index in [9.17, 15) is 13.2 Å². The van der Waals surface area contributed by atoms with Crippen molar-refractivity contribution in [3.05, 3.63) is 48.5 Å². The van der Waals surface area contributed by atoms with Crippen LogP contribution in [0.25, 0.3) is 0 Å². The summed E-state index contributed by atoms with van der Waals surface area (Å²) in [4.78, 5) is 11.9. The van der Waals surface area contributed by atoms with Crippen molar-refractivity contribution in [3.8, 4) is 0 Å². The van der Waals surface area contributed by atoms with Gasteiger partial charge in [-0.15, -0.1) is 0 Å². The summed E-state index contributed by atoms with van der Waals surface area (Å²) in [7, 11) is -3.88. The van der Waals surface area contributed by atoms with Crippen LogP contribution in [0.15, 0.2) is 53.4 Å². The highest BCUT2D eigenvalue weighted by Gasteiger charge is 2.21. The van der Waals surface area contributed by atoms with E-state index in [2.05, 4.69) is 10.0 Å². The van der Waals surface area contributed by atoms with E-state index in [0.717, 1.165) is 0 Å². The van der Waals surface area contributed by atoms with Crippen LogP contribution >= 0.6 is 0 Å². The smallest absolute Gasteiger partial charge is 0.264 e. The molecule has 0 aliphatic carbocycles. The third-order valence-electron chi connectivity index (χ3n) is 3.37. The molecule has 0 aliphatic heterocycles. The molecule has 134 valence electrons. The molecule has 0 unspecified atom stereocenters. The number of hydrogen-bond donors (Lipinski definition) is 4. The minimum absolute atomic E-state index is 0.0732. The molecule has 0 heterocycles. The van der Waals surface area contributed by atoms with Crippen LogP contribution in [-0.4, -0.2) is 19.5 Å². The number of amides is 1. The molecule has 4 N–H and O–H groups in total. The van der Waals surface area contributed by atoms with Crippen molar-refractivity contribution in [2.45, 2.75) is 25.7 Å². The van der Waals surface area contributed by atoms with Crippen molar-refractivity contribution >= 4 is 33.0 Å². The van der Waals surface area contributed by atoms with Crippen LogP contribution in [0, 0.1) is 5.41 Å². The van der Waals surface area contributed by atoms with Gasteiger partial charge in [-0.2, -0.15) is 0 Å². The Morgan fingerprint density at radius 3 is 2.08 bits per heavy atom. The fourth-order valence-corrected chi connectivity index (χ4v) is 3.16.